The zero-order chi connectivity index (χ0) is 54.8. The van der Waals surface area contributed by atoms with E-state index in [1.54, 1.807) is 40.6 Å². The van der Waals surface area contributed by atoms with Crippen molar-refractivity contribution in [3.63, 3.8) is 0 Å². The van der Waals surface area contributed by atoms with Crippen LogP contribution in [0.2, 0.25) is 0 Å². The van der Waals surface area contributed by atoms with Crippen LogP contribution in [0, 0.1) is 24.0 Å². The zero-order valence-electron chi connectivity index (χ0n) is 43.3. The third kappa shape index (κ3) is 12.7. The van der Waals surface area contributed by atoms with Crippen LogP contribution in [0.4, 0.5) is 18.9 Å². The number of rotatable bonds is 19. The minimum absolute atomic E-state index is 0.0102. The lowest BCUT2D eigenvalue weighted by Gasteiger charge is -2.37. The van der Waals surface area contributed by atoms with Gasteiger partial charge in [0.05, 0.1) is 46.0 Å². The number of likely N-dealkylation sites (tertiary alicyclic amines) is 1. The summed E-state index contributed by atoms with van der Waals surface area (Å²) in [6.45, 7) is 16.0. The molecule has 3 aromatic carbocycles. The predicted octanol–water partition coefficient (Wildman–Crippen LogP) is 6.66. The van der Waals surface area contributed by atoms with Crippen LogP contribution in [-0.4, -0.2) is 155 Å². The number of aromatic amines is 1. The van der Waals surface area contributed by atoms with Crippen molar-refractivity contribution in [1.29, 1.82) is 0 Å². The molecule has 6 aromatic rings. The average molecular weight is 1100 g/mol. The van der Waals surface area contributed by atoms with Gasteiger partial charge >= 0.3 is 10.2 Å². The van der Waals surface area contributed by atoms with Gasteiger partial charge in [0.15, 0.2) is 5.82 Å². The number of aryl methyl sites for hydroxylation is 1. The number of ether oxygens (including phenoxy) is 1. The van der Waals surface area contributed by atoms with Crippen molar-refractivity contribution in [2.45, 2.75) is 71.4 Å². The number of carbonyl (C=O) groups excluding carboxylic acids is 3. The molecule has 6 heterocycles. The van der Waals surface area contributed by atoms with Gasteiger partial charge in [-0.15, -0.1) is 11.3 Å². The Hall–Kier alpha value is -6.69. The second-order valence-corrected chi connectivity index (χ2v) is 23.4. The third-order valence-electron chi connectivity index (χ3n) is 14.3. The first-order valence-electron chi connectivity index (χ1n) is 25.5. The lowest BCUT2D eigenvalue weighted by Crippen LogP contribution is -2.58. The highest BCUT2D eigenvalue weighted by Gasteiger charge is 2.43. The number of aliphatic hydroxyl groups is 1. The highest BCUT2D eigenvalue weighted by atomic mass is 32.2. The molecule has 0 radical (unpaired) electrons. The van der Waals surface area contributed by atoms with E-state index in [1.165, 1.54) is 6.20 Å². The number of aromatic nitrogens is 3. The topological polar surface area (TPSA) is 205 Å². The molecule has 4 atom stereocenters. The number of pyridine rings is 1. The van der Waals surface area contributed by atoms with Crippen LogP contribution in [0.15, 0.2) is 96.9 Å². The number of nitrogens with one attached hydrogen (secondary N) is 4. The van der Waals surface area contributed by atoms with Crippen LogP contribution in [0.1, 0.15) is 60.8 Å². The molecule has 0 saturated carbocycles. The molecule has 5 N–H and O–H groups in total. The van der Waals surface area contributed by atoms with E-state index in [0.29, 0.717) is 69.3 Å². The fourth-order valence-electron chi connectivity index (χ4n) is 9.94. The number of β-amino-alcohol motifs (C(OH)–C–C–N with tert-alkyl or cyclic N) is 1. The van der Waals surface area contributed by atoms with E-state index < -0.39 is 75.2 Å². The maximum Gasteiger partial charge on any atom is 0.301 e. The molecule has 3 aromatic heterocycles. The summed E-state index contributed by atoms with van der Waals surface area (Å²) in [7, 11) is -4.38. The standard InChI is InChI=1S/C55H63F3N10O7S2/c1-33(59-26-35-6-8-37(9-7-35)51-34(2)62-32-76-51)46-25-40(69)30-68(46)54(72)52(55(3,4)5)63-47(70)31-66-20-18-65(19-21-66)22-23-75-41-12-10-36(11-13-41)38-24-42-43(28-61-53(42)60-27-38)50(71)48-44(57)14-15-45(49(48)58)64-77(73,74)67-17-16-39(56)29-67/h6-15,24,27-28,32,39-40,46,52,59,64,69H,1,16-23,25-26,29-31H2,2-5H3,(H,60,61)(H,63,70)/t39-,40-,46+,52-/m1/s1. The number of nitrogens with zero attached hydrogens (tertiary/aromatic N) is 6. The summed E-state index contributed by atoms with van der Waals surface area (Å²) < 4.78 is 79.3. The van der Waals surface area contributed by atoms with E-state index in [4.69, 9.17) is 4.74 Å². The molecule has 2 amide bonds. The normalized spacial score (nSPS) is 19.1. The number of alkyl halides is 1. The molecule has 408 valence electrons. The van der Waals surface area contributed by atoms with Gasteiger partial charge in [-0.25, -0.2) is 23.1 Å². The molecule has 0 aliphatic carbocycles. The van der Waals surface area contributed by atoms with Crippen molar-refractivity contribution < 1.29 is 45.8 Å². The molecule has 77 heavy (non-hydrogen) atoms. The SMILES string of the molecule is C=C(NCc1ccc(-c2scnc2C)cc1)[C@@H]1C[C@@H](O)CN1C(=O)[C@@H](NC(=O)CN1CCN(CCOc2ccc(-c3cnc4[nH]cc(C(=O)c5c(F)ccc(NS(=O)(=O)N6CC[C@@H](F)C6)c5F)c4c3)cc2)CC1)C(C)(C)C. The molecule has 22 heteroatoms. The van der Waals surface area contributed by atoms with Gasteiger partial charge in [0.25, 0.3) is 0 Å². The van der Waals surface area contributed by atoms with Crippen LogP contribution < -0.4 is 20.1 Å². The summed E-state index contributed by atoms with van der Waals surface area (Å²) in [5.41, 5.74) is 4.91. The molecule has 3 fully saturated rings. The number of thiazole rings is 1. The fourth-order valence-corrected chi connectivity index (χ4v) is 12.0. The Bertz CT molecular complexity index is 3250. The minimum Gasteiger partial charge on any atom is -0.492 e. The van der Waals surface area contributed by atoms with Crippen molar-refractivity contribution in [2.24, 2.45) is 5.41 Å². The van der Waals surface area contributed by atoms with Crippen LogP contribution in [0.3, 0.4) is 0 Å². The fraction of sp³-hybridized carbons (Fsp3) is 0.400. The van der Waals surface area contributed by atoms with E-state index >= 15 is 8.78 Å². The van der Waals surface area contributed by atoms with Gasteiger partial charge in [-0.2, -0.15) is 12.7 Å². The van der Waals surface area contributed by atoms with Crippen LogP contribution in [0.25, 0.3) is 32.6 Å². The Kier molecular flexibility index (Phi) is 16.5. The number of piperazine rings is 1. The smallest absolute Gasteiger partial charge is 0.301 e. The predicted molar refractivity (Wildman–Crippen MR) is 289 cm³/mol. The highest BCUT2D eigenvalue weighted by molar-refractivity contribution is 7.90. The van der Waals surface area contributed by atoms with Crippen LogP contribution in [0.5, 0.6) is 5.75 Å². The van der Waals surface area contributed by atoms with Gasteiger partial charge in [-0.05, 0) is 65.8 Å². The van der Waals surface area contributed by atoms with Crippen molar-refractivity contribution in [3.05, 3.63) is 131 Å². The number of benzene rings is 3. The summed E-state index contributed by atoms with van der Waals surface area (Å²) in [6.07, 6.45) is 1.11. The van der Waals surface area contributed by atoms with Crippen molar-refractivity contribution in [3.8, 4) is 27.3 Å². The second-order valence-electron chi connectivity index (χ2n) is 20.9. The van der Waals surface area contributed by atoms with Gasteiger partial charge in [0.1, 0.15) is 36.0 Å². The Morgan fingerprint density at radius 2 is 1.66 bits per heavy atom. The van der Waals surface area contributed by atoms with Gasteiger partial charge in [0.2, 0.25) is 17.6 Å². The molecule has 3 aliphatic heterocycles. The largest absolute Gasteiger partial charge is 0.492 e. The van der Waals surface area contributed by atoms with Gasteiger partial charge in [-0.3, -0.25) is 28.9 Å². The minimum atomic E-state index is -4.38. The first-order valence-corrected chi connectivity index (χ1v) is 27.8. The second kappa shape index (κ2) is 23.1. The van der Waals surface area contributed by atoms with E-state index in [2.05, 4.69) is 54.1 Å². The number of aliphatic hydroxyl groups excluding tert-OH is 1. The number of anilines is 1. The number of amides is 2. The van der Waals surface area contributed by atoms with Crippen molar-refractivity contribution in [2.75, 3.05) is 70.2 Å². The Balaban J connectivity index is 0.735. The molecule has 0 spiro atoms. The molecule has 17 nitrogen and oxygen atoms in total. The van der Waals surface area contributed by atoms with Crippen molar-refractivity contribution >= 4 is 55.9 Å². The maximum atomic E-state index is 15.8. The summed E-state index contributed by atoms with van der Waals surface area (Å²) in [5, 5.41) is 17.5. The zero-order valence-corrected chi connectivity index (χ0v) is 45.0. The summed E-state index contributed by atoms with van der Waals surface area (Å²) in [4.78, 5) is 60.4. The van der Waals surface area contributed by atoms with Gasteiger partial charge in [-0.1, -0.05) is 63.7 Å². The first-order chi connectivity index (χ1) is 36.7. The Labute approximate surface area is 449 Å². The number of fused-ring (bicyclic) bond motifs is 1. The van der Waals surface area contributed by atoms with Gasteiger partial charge in [0, 0.05) is 99.9 Å². The van der Waals surface area contributed by atoms with E-state index in [1.807, 2.05) is 62.2 Å². The van der Waals surface area contributed by atoms with E-state index in [-0.39, 0.29) is 54.5 Å². The molecule has 3 aliphatic rings. The number of carbonyl (C=O) groups is 3. The average Bonchev–Trinajstić information content (AvgIpc) is 4.27. The van der Waals surface area contributed by atoms with Crippen LogP contribution >= 0.6 is 11.3 Å². The molecule has 0 bridgehead atoms. The summed E-state index contributed by atoms with van der Waals surface area (Å²) in [5.74, 6) is -3.53. The van der Waals surface area contributed by atoms with Gasteiger partial charge < -0.3 is 30.4 Å². The molecule has 0 unspecified atom stereocenters. The number of halogens is 3. The lowest BCUT2D eigenvalue weighted by molar-refractivity contribution is -0.140. The summed E-state index contributed by atoms with van der Waals surface area (Å²) >= 11 is 1.60. The monoisotopic (exact) mass is 1100 g/mol. The quantitative estimate of drug-likeness (QED) is 0.0540. The van der Waals surface area contributed by atoms with E-state index in [0.717, 1.165) is 43.7 Å². The first kappa shape index (κ1) is 55.1. The van der Waals surface area contributed by atoms with E-state index in [9.17, 15) is 32.3 Å². The maximum absolute atomic E-state index is 15.8. The third-order valence-corrected chi connectivity index (χ3v) is 16.8. The number of ketones is 1. The van der Waals surface area contributed by atoms with Crippen molar-refractivity contribution in [1.82, 2.24) is 44.6 Å². The highest BCUT2D eigenvalue weighted by Crippen LogP contribution is 2.33. The number of hydrogen-bond acceptors (Lipinski definition) is 13. The molecule has 3 saturated heterocycles. The number of H-pyrrole nitrogens is 1. The summed E-state index contributed by atoms with van der Waals surface area (Å²) in [6, 6.07) is 17.5. The lowest BCUT2D eigenvalue weighted by atomic mass is 9.85. The Morgan fingerprint density at radius 1 is 0.948 bits per heavy atom. The molecular formula is C55H63F3N10O7S2. The molecule has 9 rings (SSSR count). The van der Waals surface area contributed by atoms with Crippen LogP contribution in [-0.2, 0) is 26.3 Å². The Morgan fingerprint density at radius 3 is 2.34 bits per heavy atom. The molecular weight excluding hydrogens is 1030 g/mol. The number of hydrogen-bond donors (Lipinski definition) is 5.